The van der Waals surface area contributed by atoms with Gasteiger partial charge < -0.3 is 10.3 Å². The molecule has 1 aromatic carbocycles. The summed E-state index contributed by atoms with van der Waals surface area (Å²) in [6.45, 7) is 2.20. The number of alkyl halides is 3. The molecule has 1 heterocycles. The summed E-state index contributed by atoms with van der Waals surface area (Å²) in [6, 6.07) is 3.45. The van der Waals surface area contributed by atoms with Crippen molar-refractivity contribution in [2.45, 2.75) is 51.4 Å². The number of H-pyrrole nitrogens is 1. The summed E-state index contributed by atoms with van der Waals surface area (Å²) in [6.07, 6.45) is -2.85. The molecule has 3 rings (SSSR count). The van der Waals surface area contributed by atoms with Gasteiger partial charge in [-0.25, -0.2) is 0 Å². The van der Waals surface area contributed by atoms with Crippen LogP contribution < -0.4 is 10.9 Å². The number of amides is 1. The number of fused-ring (bicyclic) bond motifs is 1. The summed E-state index contributed by atoms with van der Waals surface area (Å²) in [5.74, 6) is -2.12. The second-order valence-electron chi connectivity index (χ2n) is 6.75. The maximum absolute atomic E-state index is 13.2. The molecule has 1 aromatic heterocycles. The molecule has 1 saturated carbocycles. The number of rotatable bonds is 3. The fourth-order valence-corrected chi connectivity index (χ4v) is 3.95. The minimum atomic E-state index is -4.34. The zero-order chi connectivity index (χ0) is 19.8. The Morgan fingerprint density at radius 3 is 2.70 bits per heavy atom. The minimum absolute atomic E-state index is 0.0236. The Morgan fingerprint density at radius 2 is 2.04 bits per heavy atom. The second kappa shape index (κ2) is 7.46. The van der Waals surface area contributed by atoms with Crippen molar-refractivity contribution in [3.8, 4) is 0 Å². The highest BCUT2D eigenvalue weighted by molar-refractivity contribution is 7.71. The lowest BCUT2D eigenvalue weighted by Crippen LogP contribution is -2.47. The second-order valence-corrected chi connectivity index (χ2v) is 7.14. The third-order valence-corrected chi connectivity index (χ3v) is 5.39. The van der Waals surface area contributed by atoms with E-state index in [4.69, 9.17) is 12.2 Å². The van der Waals surface area contributed by atoms with Crippen LogP contribution in [-0.2, 0) is 6.54 Å². The van der Waals surface area contributed by atoms with Gasteiger partial charge in [-0.3, -0.25) is 14.2 Å². The van der Waals surface area contributed by atoms with Crippen molar-refractivity contribution in [1.29, 1.82) is 0 Å². The van der Waals surface area contributed by atoms with Gasteiger partial charge in [0, 0.05) is 18.2 Å². The first-order chi connectivity index (χ1) is 12.7. The van der Waals surface area contributed by atoms with Gasteiger partial charge in [-0.15, -0.1) is 0 Å². The summed E-state index contributed by atoms with van der Waals surface area (Å²) in [7, 11) is 0. The van der Waals surface area contributed by atoms with E-state index >= 15 is 0 Å². The van der Waals surface area contributed by atoms with Crippen molar-refractivity contribution in [1.82, 2.24) is 14.9 Å². The van der Waals surface area contributed by atoms with E-state index in [1.165, 1.54) is 22.8 Å². The van der Waals surface area contributed by atoms with Gasteiger partial charge in [0.15, 0.2) is 4.77 Å². The third kappa shape index (κ3) is 3.92. The summed E-state index contributed by atoms with van der Waals surface area (Å²) in [5.41, 5.74) is 0.305. The smallest absolute Gasteiger partial charge is 0.349 e. The minimum Gasteiger partial charge on any atom is -0.349 e. The summed E-state index contributed by atoms with van der Waals surface area (Å²) < 4.78 is 41.3. The molecule has 2 aromatic rings. The van der Waals surface area contributed by atoms with Gasteiger partial charge in [-0.1, -0.05) is 12.8 Å². The van der Waals surface area contributed by atoms with Gasteiger partial charge in [0.05, 0.1) is 16.8 Å². The number of carbonyl (C=O) groups excluding carboxylic acids is 1. The lowest BCUT2D eigenvalue weighted by atomic mass is 9.84. The van der Waals surface area contributed by atoms with E-state index in [1.54, 1.807) is 6.92 Å². The van der Waals surface area contributed by atoms with E-state index in [0.29, 0.717) is 36.7 Å². The van der Waals surface area contributed by atoms with Crippen molar-refractivity contribution in [3.05, 3.63) is 38.9 Å². The summed E-state index contributed by atoms with van der Waals surface area (Å²) in [5, 5.41) is 2.89. The molecule has 9 heteroatoms. The number of hydrogen-bond donors (Lipinski definition) is 2. The molecule has 1 aliphatic rings. The molecule has 146 valence electrons. The van der Waals surface area contributed by atoms with Crippen LogP contribution in [0.1, 0.15) is 43.0 Å². The molecule has 0 saturated heterocycles. The van der Waals surface area contributed by atoms with Crippen molar-refractivity contribution < 1.29 is 18.0 Å². The molecule has 5 nitrogen and oxygen atoms in total. The Balaban J connectivity index is 1.90. The van der Waals surface area contributed by atoms with Crippen LogP contribution in [0.15, 0.2) is 23.0 Å². The molecular formula is C18H20F3N3O2S. The fraction of sp³-hybridized carbons (Fsp3) is 0.500. The molecule has 27 heavy (non-hydrogen) atoms. The molecule has 1 aliphatic carbocycles. The van der Waals surface area contributed by atoms with Crippen molar-refractivity contribution >= 4 is 29.0 Å². The Hall–Kier alpha value is -2.16. The monoisotopic (exact) mass is 399 g/mol. The first-order valence-electron chi connectivity index (χ1n) is 8.87. The number of benzene rings is 1. The summed E-state index contributed by atoms with van der Waals surface area (Å²) >= 11 is 5.14. The highest BCUT2D eigenvalue weighted by Gasteiger charge is 2.46. The zero-order valence-corrected chi connectivity index (χ0v) is 15.5. The maximum atomic E-state index is 13.2. The normalized spacial score (nSPS) is 20.6. The standard InChI is InChI=1S/C18H20F3N3O2S/c1-2-24-16(26)11-8-7-10(9-14(11)23-17(24)27)15(25)22-13-6-4-3-5-12(13)18(19,20)21/h7-9,12-13H,2-6H2,1H3,(H,22,25)(H,23,27)/t12-,13+/m0/s1. The van der Waals surface area contributed by atoms with Crippen molar-refractivity contribution in [2.24, 2.45) is 5.92 Å². The van der Waals surface area contributed by atoms with Crippen LogP contribution in [0.2, 0.25) is 0 Å². The van der Waals surface area contributed by atoms with E-state index in [1.807, 2.05) is 0 Å². The topological polar surface area (TPSA) is 66.9 Å². The molecule has 0 bridgehead atoms. The van der Waals surface area contributed by atoms with E-state index in [0.717, 1.165) is 0 Å². The SMILES string of the molecule is CCn1c(=S)[nH]c2cc(C(=O)N[C@@H]3CCCC[C@@H]3C(F)(F)F)ccc2c1=O. The molecule has 0 unspecified atom stereocenters. The van der Waals surface area contributed by atoms with Gasteiger partial charge in [0.2, 0.25) is 0 Å². The van der Waals surface area contributed by atoms with Gasteiger partial charge in [0.1, 0.15) is 0 Å². The molecule has 0 radical (unpaired) electrons. The predicted octanol–water partition coefficient (Wildman–Crippen LogP) is 3.93. The van der Waals surface area contributed by atoms with E-state index in [2.05, 4.69) is 10.3 Å². The average molecular weight is 399 g/mol. The van der Waals surface area contributed by atoms with Gasteiger partial charge in [-0.05, 0) is 50.2 Å². The lowest BCUT2D eigenvalue weighted by molar-refractivity contribution is -0.187. The van der Waals surface area contributed by atoms with E-state index in [-0.39, 0.29) is 22.3 Å². The van der Waals surface area contributed by atoms with Gasteiger partial charge in [0.25, 0.3) is 11.5 Å². The molecule has 0 aliphatic heterocycles. The lowest BCUT2D eigenvalue weighted by Gasteiger charge is -2.33. The van der Waals surface area contributed by atoms with Crippen LogP contribution >= 0.6 is 12.2 Å². The van der Waals surface area contributed by atoms with Crippen molar-refractivity contribution in [3.63, 3.8) is 0 Å². The highest BCUT2D eigenvalue weighted by atomic mass is 32.1. The average Bonchev–Trinajstić information content (AvgIpc) is 2.61. The predicted molar refractivity (Wildman–Crippen MR) is 98.3 cm³/mol. The van der Waals surface area contributed by atoms with Crippen LogP contribution in [0.3, 0.4) is 0 Å². The van der Waals surface area contributed by atoms with Crippen LogP contribution in [0.4, 0.5) is 13.2 Å². The highest BCUT2D eigenvalue weighted by Crippen LogP contribution is 2.37. The number of aromatic nitrogens is 2. The number of hydrogen-bond acceptors (Lipinski definition) is 3. The van der Waals surface area contributed by atoms with E-state index < -0.39 is 24.0 Å². The Labute approximate surface area is 158 Å². The third-order valence-electron chi connectivity index (χ3n) is 5.06. The van der Waals surface area contributed by atoms with Crippen LogP contribution in [0.5, 0.6) is 0 Å². The van der Waals surface area contributed by atoms with Gasteiger partial charge in [-0.2, -0.15) is 13.2 Å². The zero-order valence-electron chi connectivity index (χ0n) is 14.7. The number of carbonyl (C=O) groups is 1. The van der Waals surface area contributed by atoms with Crippen molar-refractivity contribution in [2.75, 3.05) is 0 Å². The fourth-order valence-electron chi connectivity index (χ4n) is 3.63. The molecular weight excluding hydrogens is 379 g/mol. The first-order valence-corrected chi connectivity index (χ1v) is 9.27. The number of nitrogens with one attached hydrogen (secondary N) is 2. The maximum Gasteiger partial charge on any atom is 0.393 e. The molecule has 2 atom stereocenters. The first kappa shape index (κ1) is 19.6. The van der Waals surface area contributed by atoms with Crippen LogP contribution in [-0.4, -0.2) is 27.7 Å². The molecule has 1 fully saturated rings. The Bertz CT molecular complexity index is 980. The van der Waals surface area contributed by atoms with Crippen LogP contribution in [0.25, 0.3) is 10.9 Å². The Kier molecular flexibility index (Phi) is 5.41. The molecule has 2 N–H and O–H groups in total. The number of halogens is 3. The van der Waals surface area contributed by atoms with Gasteiger partial charge >= 0.3 is 6.18 Å². The number of aromatic amines is 1. The Morgan fingerprint density at radius 1 is 1.33 bits per heavy atom. The largest absolute Gasteiger partial charge is 0.393 e. The van der Waals surface area contributed by atoms with Crippen LogP contribution in [0, 0.1) is 10.7 Å². The number of nitrogens with zero attached hydrogens (tertiary/aromatic N) is 1. The summed E-state index contributed by atoms with van der Waals surface area (Å²) in [4.78, 5) is 27.8. The van der Waals surface area contributed by atoms with E-state index in [9.17, 15) is 22.8 Å². The molecule has 1 amide bonds. The molecule has 0 spiro atoms. The quantitative estimate of drug-likeness (QED) is 0.769.